The van der Waals surface area contributed by atoms with Crippen LogP contribution < -0.4 is 14.8 Å². The fourth-order valence-electron chi connectivity index (χ4n) is 3.12. The molecule has 4 aromatic rings. The van der Waals surface area contributed by atoms with Gasteiger partial charge in [-0.3, -0.25) is 15.2 Å². The predicted molar refractivity (Wildman–Crippen MR) is 120 cm³/mol. The standard InChI is InChI=1S/C22H18F3N5O3S/c1-11-17(34-20(26-11)12-4-6-13(7-5-12)22(23,24)25)19(31)28-21-27-18(29-30-21)15-9-8-14(32-2)10-16(15)33-3/h4-10H,1-3H3,(H2,27,28,29,30,31). The lowest BCUT2D eigenvalue weighted by atomic mass is 10.1. The number of halogens is 3. The third-order valence-electron chi connectivity index (χ3n) is 4.84. The van der Waals surface area contributed by atoms with E-state index in [2.05, 4.69) is 25.5 Å². The summed E-state index contributed by atoms with van der Waals surface area (Å²) in [6.45, 7) is 1.64. The molecule has 0 fully saturated rings. The zero-order valence-electron chi connectivity index (χ0n) is 18.1. The van der Waals surface area contributed by atoms with E-state index in [0.29, 0.717) is 44.0 Å². The number of anilines is 1. The van der Waals surface area contributed by atoms with Crippen LogP contribution in [-0.2, 0) is 6.18 Å². The first kappa shape index (κ1) is 23.2. The maximum absolute atomic E-state index is 12.8. The number of benzene rings is 2. The van der Waals surface area contributed by atoms with Crippen molar-refractivity contribution in [1.82, 2.24) is 20.2 Å². The van der Waals surface area contributed by atoms with Crippen LogP contribution in [0.5, 0.6) is 11.5 Å². The van der Waals surface area contributed by atoms with Crippen LogP contribution in [0, 0.1) is 6.92 Å². The Morgan fingerprint density at radius 2 is 1.79 bits per heavy atom. The van der Waals surface area contributed by atoms with Crippen LogP contribution in [0.3, 0.4) is 0 Å². The average molecular weight is 489 g/mol. The van der Waals surface area contributed by atoms with Gasteiger partial charge >= 0.3 is 6.18 Å². The smallest absolute Gasteiger partial charge is 0.416 e. The molecule has 2 heterocycles. The number of methoxy groups -OCH3 is 2. The van der Waals surface area contributed by atoms with Crippen molar-refractivity contribution in [3.63, 3.8) is 0 Å². The van der Waals surface area contributed by atoms with E-state index in [0.717, 1.165) is 23.5 Å². The number of nitrogens with one attached hydrogen (secondary N) is 2. The minimum atomic E-state index is -4.42. The predicted octanol–water partition coefficient (Wildman–Crippen LogP) is 5.19. The molecule has 0 radical (unpaired) electrons. The van der Waals surface area contributed by atoms with Crippen molar-refractivity contribution < 1.29 is 27.4 Å². The number of aryl methyl sites for hydroxylation is 1. The summed E-state index contributed by atoms with van der Waals surface area (Å²) in [5.41, 5.74) is 0.781. The molecule has 0 aliphatic carbocycles. The number of alkyl halides is 3. The SMILES string of the molecule is COc1ccc(-c2nc(NC(=O)c3sc(-c4ccc(C(F)(F)F)cc4)nc3C)n[nH]2)c(OC)c1. The monoisotopic (exact) mass is 489 g/mol. The number of hydrogen-bond donors (Lipinski definition) is 2. The molecule has 4 rings (SSSR count). The quantitative estimate of drug-likeness (QED) is 0.386. The first-order valence-electron chi connectivity index (χ1n) is 9.81. The minimum absolute atomic E-state index is 0.0433. The average Bonchev–Trinajstić information content (AvgIpc) is 3.44. The van der Waals surface area contributed by atoms with Gasteiger partial charge < -0.3 is 9.47 Å². The van der Waals surface area contributed by atoms with Gasteiger partial charge in [-0.25, -0.2) is 4.98 Å². The Kier molecular flexibility index (Phi) is 6.24. The molecule has 0 aliphatic rings. The Hall–Kier alpha value is -3.93. The second-order valence-electron chi connectivity index (χ2n) is 7.04. The molecule has 0 spiro atoms. The zero-order valence-corrected chi connectivity index (χ0v) is 19.0. The van der Waals surface area contributed by atoms with Crippen molar-refractivity contribution in [3.05, 3.63) is 58.6 Å². The number of amides is 1. The highest BCUT2D eigenvalue weighted by molar-refractivity contribution is 7.17. The number of rotatable bonds is 6. The van der Waals surface area contributed by atoms with E-state index in [1.54, 1.807) is 32.2 Å². The van der Waals surface area contributed by atoms with Crippen LogP contribution in [-0.4, -0.2) is 40.3 Å². The second-order valence-corrected chi connectivity index (χ2v) is 8.04. The summed E-state index contributed by atoms with van der Waals surface area (Å²) in [4.78, 5) is 21.7. The Bertz CT molecular complexity index is 1330. The Morgan fingerprint density at radius 3 is 2.44 bits per heavy atom. The van der Waals surface area contributed by atoms with Gasteiger partial charge in [-0.05, 0) is 31.2 Å². The van der Waals surface area contributed by atoms with Crippen LogP contribution in [0.15, 0.2) is 42.5 Å². The largest absolute Gasteiger partial charge is 0.497 e. The van der Waals surface area contributed by atoms with E-state index >= 15 is 0 Å². The van der Waals surface area contributed by atoms with Crippen LogP contribution >= 0.6 is 11.3 Å². The van der Waals surface area contributed by atoms with Gasteiger partial charge in [0.1, 0.15) is 21.4 Å². The molecule has 12 heteroatoms. The molecule has 0 atom stereocenters. The normalized spacial score (nSPS) is 11.4. The first-order chi connectivity index (χ1) is 16.2. The summed E-state index contributed by atoms with van der Waals surface area (Å²) < 4.78 is 48.9. The molecular weight excluding hydrogens is 471 g/mol. The van der Waals surface area contributed by atoms with Crippen molar-refractivity contribution >= 4 is 23.2 Å². The maximum Gasteiger partial charge on any atom is 0.416 e. The topological polar surface area (TPSA) is 102 Å². The number of H-pyrrole nitrogens is 1. The van der Waals surface area contributed by atoms with Crippen molar-refractivity contribution in [2.45, 2.75) is 13.1 Å². The molecule has 1 amide bonds. The molecule has 0 saturated carbocycles. The van der Waals surface area contributed by atoms with Crippen LogP contribution in [0.2, 0.25) is 0 Å². The lowest BCUT2D eigenvalue weighted by Gasteiger charge is -2.07. The number of nitrogens with zero attached hydrogens (tertiary/aromatic N) is 3. The molecule has 0 aliphatic heterocycles. The number of aromatic amines is 1. The van der Waals surface area contributed by atoms with Gasteiger partial charge in [-0.2, -0.15) is 18.2 Å². The first-order valence-corrected chi connectivity index (χ1v) is 10.6. The van der Waals surface area contributed by atoms with Crippen molar-refractivity contribution in [3.8, 4) is 33.5 Å². The number of carbonyl (C=O) groups is 1. The van der Waals surface area contributed by atoms with E-state index in [1.165, 1.54) is 19.2 Å². The molecular formula is C22H18F3N5O3S. The van der Waals surface area contributed by atoms with Gasteiger partial charge in [0.15, 0.2) is 5.82 Å². The molecule has 34 heavy (non-hydrogen) atoms. The molecule has 176 valence electrons. The molecule has 2 N–H and O–H groups in total. The molecule has 0 bridgehead atoms. The fraction of sp³-hybridized carbons (Fsp3) is 0.182. The highest BCUT2D eigenvalue weighted by Gasteiger charge is 2.30. The molecule has 2 aromatic carbocycles. The third kappa shape index (κ3) is 4.71. The van der Waals surface area contributed by atoms with Crippen LogP contribution in [0.1, 0.15) is 20.9 Å². The lowest BCUT2D eigenvalue weighted by Crippen LogP contribution is -2.12. The van der Waals surface area contributed by atoms with Crippen molar-refractivity contribution in [1.29, 1.82) is 0 Å². The van der Waals surface area contributed by atoms with Gasteiger partial charge in [0, 0.05) is 11.6 Å². The maximum atomic E-state index is 12.8. The fourth-order valence-corrected chi connectivity index (χ4v) is 4.09. The molecule has 0 unspecified atom stereocenters. The van der Waals surface area contributed by atoms with Gasteiger partial charge in [0.25, 0.3) is 5.91 Å². The minimum Gasteiger partial charge on any atom is -0.497 e. The number of carbonyl (C=O) groups excluding carboxylic acids is 1. The summed E-state index contributed by atoms with van der Waals surface area (Å²) in [6, 6.07) is 9.79. The van der Waals surface area contributed by atoms with E-state index in [4.69, 9.17) is 9.47 Å². The Labute approximate surface area is 195 Å². The van der Waals surface area contributed by atoms with E-state index in [1.807, 2.05) is 0 Å². The van der Waals surface area contributed by atoms with E-state index in [-0.39, 0.29) is 5.95 Å². The summed E-state index contributed by atoms with van der Waals surface area (Å²) in [5, 5.41) is 9.81. The second kappa shape index (κ2) is 9.14. The Morgan fingerprint density at radius 1 is 1.06 bits per heavy atom. The van der Waals surface area contributed by atoms with Crippen LogP contribution in [0.4, 0.5) is 19.1 Å². The van der Waals surface area contributed by atoms with Crippen LogP contribution in [0.25, 0.3) is 22.0 Å². The molecule has 8 nitrogen and oxygen atoms in total. The number of hydrogen-bond acceptors (Lipinski definition) is 7. The van der Waals surface area contributed by atoms with Gasteiger partial charge in [0.2, 0.25) is 5.95 Å². The third-order valence-corrected chi connectivity index (χ3v) is 6.04. The zero-order chi connectivity index (χ0) is 24.5. The molecule has 0 saturated heterocycles. The highest BCUT2D eigenvalue weighted by atomic mass is 32.1. The summed E-state index contributed by atoms with van der Waals surface area (Å²) in [5.74, 6) is 1.05. The summed E-state index contributed by atoms with van der Waals surface area (Å²) >= 11 is 1.06. The lowest BCUT2D eigenvalue weighted by molar-refractivity contribution is -0.137. The highest BCUT2D eigenvalue weighted by Crippen LogP contribution is 2.34. The van der Waals surface area contributed by atoms with E-state index < -0.39 is 17.6 Å². The number of aromatic nitrogens is 4. The van der Waals surface area contributed by atoms with Crippen molar-refractivity contribution in [2.75, 3.05) is 19.5 Å². The number of thiazole rings is 1. The van der Waals surface area contributed by atoms with Gasteiger partial charge in [0.05, 0.1) is 31.0 Å². The number of ether oxygens (including phenoxy) is 2. The molecule has 2 aromatic heterocycles. The van der Waals surface area contributed by atoms with E-state index in [9.17, 15) is 18.0 Å². The summed E-state index contributed by atoms with van der Waals surface area (Å²) in [7, 11) is 3.05. The Balaban J connectivity index is 1.52. The van der Waals surface area contributed by atoms with Crippen molar-refractivity contribution in [2.24, 2.45) is 0 Å². The summed E-state index contributed by atoms with van der Waals surface area (Å²) in [6.07, 6.45) is -4.42. The van der Waals surface area contributed by atoms with Gasteiger partial charge in [-0.1, -0.05) is 12.1 Å². The van der Waals surface area contributed by atoms with Gasteiger partial charge in [-0.15, -0.1) is 16.4 Å².